The Bertz CT molecular complexity index is 777. The minimum absolute atomic E-state index is 0.115. The first-order valence-electron chi connectivity index (χ1n) is 6.30. The maximum Gasteiger partial charge on any atom is 0.253 e. The lowest BCUT2D eigenvalue weighted by Crippen LogP contribution is -2.18. The number of imidazole rings is 1. The van der Waals surface area contributed by atoms with Gasteiger partial charge in [0.25, 0.3) is 5.91 Å². The van der Waals surface area contributed by atoms with Crippen molar-refractivity contribution in [2.75, 3.05) is 7.05 Å². The number of hydrogen-bond acceptors (Lipinski definition) is 3. The Kier molecular flexibility index (Phi) is 2.95. The highest BCUT2D eigenvalue weighted by molar-refractivity contribution is 6.05. The molecule has 1 N–H and O–H groups in total. The highest BCUT2D eigenvalue weighted by Crippen LogP contribution is 2.25. The summed E-state index contributed by atoms with van der Waals surface area (Å²) in [7, 11) is 3.53. The number of carbonyl (C=O) groups excluding carboxylic acids is 1. The van der Waals surface area contributed by atoms with Gasteiger partial charge < -0.3 is 9.88 Å². The first-order chi connectivity index (χ1) is 9.72. The van der Waals surface area contributed by atoms with Crippen molar-refractivity contribution in [3.05, 3.63) is 48.3 Å². The molecule has 0 aliphatic carbocycles. The maximum absolute atomic E-state index is 12.0. The van der Waals surface area contributed by atoms with Crippen LogP contribution in [0.2, 0.25) is 0 Å². The summed E-state index contributed by atoms with van der Waals surface area (Å²) in [5.41, 5.74) is 3.17. The fourth-order valence-corrected chi connectivity index (χ4v) is 2.34. The van der Waals surface area contributed by atoms with E-state index in [2.05, 4.69) is 15.3 Å². The van der Waals surface area contributed by atoms with Crippen molar-refractivity contribution in [3.8, 4) is 11.4 Å². The van der Waals surface area contributed by atoms with Crippen molar-refractivity contribution in [2.24, 2.45) is 7.05 Å². The van der Waals surface area contributed by atoms with Crippen LogP contribution in [0.15, 0.2) is 42.7 Å². The van der Waals surface area contributed by atoms with Gasteiger partial charge in [-0.25, -0.2) is 4.98 Å². The minimum atomic E-state index is -0.115. The number of pyridine rings is 1. The Morgan fingerprint density at radius 1 is 1.25 bits per heavy atom. The van der Waals surface area contributed by atoms with Crippen LogP contribution in [0.25, 0.3) is 22.4 Å². The predicted octanol–water partition coefficient (Wildman–Crippen LogP) is 1.99. The zero-order valence-corrected chi connectivity index (χ0v) is 11.3. The summed E-state index contributed by atoms with van der Waals surface area (Å²) in [6.45, 7) is 0. The van der Waals surface area contributed by atoms with Crippen LogP contribution in [0.5, 0.6) is 0 Å². The zero-order chi connectivity index (χ0) is 14.1. The number of fused-ring (bicyclic) bond motifs is 1. The summed E-state index contributed by atoms with van der Waals surface area (Å²) in [4.78, 5) is 20.7. The third kappa shape index (κ3) is 1.84. The summed E-state index contributed by atoms with van der Waals surface area (Å²) in [5, 5.41) is 2.66. The number of nitrogens with zero attached hydrogens (tertiary/aromatic N) is 3. The van der Waals surface area contributed by atoms with Crippen LogP contribution < -0.4 is 5.32 Å². The fourth-order valence-electron chi connectivity index (χ4n) is 2.34. The van der Waals surface area contributed by atoms with Gasteiger partial charge in [0, 0.05) is 32.1 Å². The van der Waals surface area contributed by atoms with Gasteiger partial charge in [0.15, 0.2) is 0 Å². The van der Waals surface area contributed by atoms with Gasteiger partial charge in [-0.05, 0) is 24.3 Å². The number of amides is 1. The third-order valence-corrected chi connectivity index (χ3v) is 3.29. The molecule has 2 heterocycles. The lowest BCUT2D eigenvalue weighted by Gasteiger charge is -2.05. The molecule has 5 nitrogen and oxygen atoms in total. The molecule has 1 aromatic carbocycles. The lowest BCUT2D eigenvalue weighted by molar-refractivity contribution is 0.0964. The number of rotatable bonds is 2. The van der Waals surface area contributed by atoms with E-state index in [1.54, 1.807) is 25.5 Å². The number of carbonyl (C=O) groups is 1. The molecule has 0 fully saturated rings. The predicted molar refractivity (Wildman–Crippen MR) is 77.3 cm³/mol. The van der Waals surface area contributed by atoms with E-state index in [0.717, 1.165) is 22.4 Å². The Morgan fingerprint density at radius 3 is 2.80 bits per heavy atom. The molecule has 0 radical (unpaired) electrons. The molecule has 0 unspecified atom stereocenters. The Morgan fingerprint density at radius 2 is 2.10 bits per heavy atom. The molecule has 0 aliphatic rings. The van der Waals surface area contributed by atoms with Crippen molar-refractivity contribution in [3.63, 3.8) is 0 Å². The summed E-state index contributed by atoms with van der Waals surface area (Å²) in [6.07, 6.45) is 3.49. The molecule has 20 heavy (non-hydrogen) atoms. The largest absolute Gasteiger partial charge is 0.355 e. The molecule has 100 valence electrons. The summed E-state index contributed by atoms with van der Waals surface area (Å²) < 4.78 is 1.93. The normalized spacial score (nSPS) is 10.7. The molecule has 0 saturated heterocycles. The molecule has 2 aromatic heterocycles. The zero-order valence-electron chi connectivity index (χ0n) is 11.3. The number of aromatic nitrogens is 3. The van der Waals surface area contributed by atoms with Gasteiger partial charge in [0.05, 0.1) is 16.6 Å². The number of nitrogens with one attached hydrogen (secondary N) is 1. The van der Waals surface area contributed by atoms with Crippen LogP contribution >= 0.6 is 0 Å². The van der Waals surface area contributed by atoms with E-state index in [1.807, 2.05) is 35.9 Å². The van der Waals surface area contributed by atoms with E-state index in [0.29, 0.717) is 5.56 Å². The van der Waals surface area contributed by atoms with Gasteiger partial charge >= 0.3 is 0 Å². The molecular weight excluding hydrogens is 252 g/mol. The van der Waals surface area contributed by atoms with Crippen LogP contribution in [-0.2, 0) is 7.05 Å². The first-order valence-corrected chi connectivity index (χ1v) is 6.30. The first kappa shape index (κ1) is 12.3. The minimum Gasteiger partial charge on any atom is -0.355 e. The van der Waals surface area contributed by atoms with Gasteiger partial charge in [-0.2, -0.15) is 0 Å². The monoisotopic (exact) mass is 266 g/mol. The molecule has 0 atom stereocenters. The summed E-state index contributed by atoms with van der Waals surface area (Å²) in [5.74, 6) is 0.681. The molecule has 3 aromatic rings. The second kappa shape index (κ2) is 4.77. The highest BCUT2D eigenvalue weighted by atomic mass is 16.1. The fraction of sp³-hybridized carbons (Fsp3) is 0.133. The van der Waals surface area contributed by atoms with Gasteiger partial charge in [0.2, 0.25) is 0 Å². The summed E-state index contributed by atoms with van der Waals surface area (Å²) >= 11 is 0. The standard InChI is InChI=1S/C15H14N4O/c1-16-15(20)11-6-3-7-12-13(11)19(2)14(18-12)10-5-4-8-17-9-10/h3-9H,1-2H3,(H,16,20). The molecule has 0 saturated carbocycles. The van der Waals surface area contributed by atoms with Crippen molar-refractivity contribution in [2.45, 2.75) is 0 Å². The Balaban J connectivity index is 2.28. The van der Waals surface area contributed by atoms with Crippen LogP contribution in [-0.4, -0.2) is 27.5 Å². The molecule has 1 amide bonds. The summed E-state index contributed by atoms with van der Waals surface area (Å²) in [6, 6.07) is 9.37. The Labute approximate surface area is 116 Å². The quantitative estimate of drug-likeness (QED) is 0.771. The molecule has 5 heteroatoms. The Hall–Kier alpha value is -2.69. The van der Waals surface area contributed by atoms with Gasteiger partial charge in [-0.3, -0.25) is 9.78 Å². The molecule has 3 rings (SSSR count). The second-order valence-corrected chi connectivity index (χ2v) is 4.49. The smallest absolute Gasteiger partial charge is 0.253 e. The van der Waals surface area contributed by atoms with Crippen LogP contribution in [0.1, 0.15) is 10.4 Å². The van der Waals surface area contributed by atoms with E-state index in [4.69, 9.17) is 0 Å². The van der Waals surface area contributed by atoms with E-state index < -0.39 is 0 Å². The van der Waals surface area contributed by atoms with Crippen LogP contribution in [0.4, 0.5) is 0 Å². The highest BCUT2D eigenvalue weighted by Gasteiger charge is 2.16. The third-order valence-electron chi connectivity index (χ3n) is 3.29. The van der Waals surface area contributed by atoms with E-state index in [9.17, 15) is 4.79 Å². The van der Waals surface area contributed by atoms with Crippen molar-refractivity contribution in [1.82, 2.24) is 19.9 Å². The second-order valence-electron chi connectivity index (χ2n) is 4.49. The number of hydrogen-bond donors (Lipinski definition) is 1. The van der Waals surface area contributed by atoms with Gasteiger partial charge in [0.1, 0.15) is 5.82 Å². The average Bonchev–Trinajstić information content (AvgIpc) is 2.85. The topological polar surface area (TPSA) is 59.8 Å². The van der Waals surface area contributed by atoms with E-state index in [-0.39, 0.29) is 5.91 Å². The average molecular weight is 266 g/mol. The lowest BCUT2D eigenvalue weighted by atomic mass is 10.1. The van der Waals surface area contributed by atoms with Crippen LogP contribution in [0, 0.1) is 0 Å². The van der Waals surface area contributed by atoms with Gasteiger partial charge in [-0.1, -0.05) is 6.07 Å². The maximum atomic E-state index is 12.0. The number of para-hydroxylation sites is 1. The van der Waals surface area contributed by atoms with Crippen molar-refractivity contribution >= 4 is 16.9 Å². The van der Waals surface area contributed by atoms with Crippen molar-refractivity contribution in [1.29, 1.82) is 0 Å². The molecule has 0 spiro atoms. The molecule has 0 aliphatic heterocycles. The van der Waals surface area contributed by atoms with Gasteiger partial charge in [-0.15, -0.1) is 0 Å². The molecular formula is C15H14N4O. The van der Waals surface area contributed by atoms with Crippen LogP contribution in [0.3, 0.4) is 0 Å². The van der Waals surface area contributed by atoms with E-state index >= 15 is 0 Å². The van der Waals surface area contributed by atoms with E-state index in [1.165, 1.54) is 0 Å². The molecule has 0 bridgehead atoms. The van der Waals surface area contributed by atoms with Crippen molar-refractivity contribution < 1.29 is 4.79 Å². The number of benzene rings is 1. The SMILES string of the molecule is CNC(=O)c1cccc2nc(-c3cccnc3)n(C)c12. The number of aryl methyl sites for hydroxylation is 1.